The van der Waals surface area contributed by atoms with Crippen molar-refractivity contribution >= 4 is 38.0 Å². The predicted molar refractivity (Wildman–Crippen MR) is 93.4 cm³/mol. The molecule has 0 atom stereocenters. The number of sulfone groups is 1. The molecule has 3 N–H and O–H groups in total. The van der Waals surface area contributed by atoms with E-state index in [0.717, 1.165) is 6.26 Å². The summed E-state index contributed by atoms with van der Waals surface area (Å²) in [4.78, 5) is 15.7. The van der Waals surface area contributed by atoms with Crippen molar-refractivity contribution in [1.29, 1.82) is 5.26 Å². The molecule has 10 heteroatoms. The Balaban J connectivity index is 2.27. The molecule has 0 spiro atoms. The predicted octanol–water partition coefficient (Wildman–Crippen LogP) is 1.14. The second-order valence-corrected chi connectivity index (χ2v) is 7.45. The largest absolute Gasteiger partial charge is 0.364 e. The van der Waals surface area contributed by atoms with Gasteiger partial charge in [-0.1, -0.05) is 0 Å². The van der Waals surface area contributed by atoms with Crippen molar-refractivity contribution in [3.63, 3.8) is 0 Å². The lowest BCUT2D eigenvalue weighted by molar-refractivity contribution is 0.0995. The molecule has 0 aliphatic carbocycles. The standard InChI is InChI=1S/C16H12N6O3S/c1-26(24,25)11-2-3-13-12(5-11)14(15(16(18)23)22-21-13)20-10-4-9(6-17)7-19-8-10/h2-5,7-8H,1H3,(H2,18,23)(H,20,21). The quantitative estimate of drug-likeness (QED) is 0.695. The van der Waals surface area contributed by atoms with Gasteiger partial charge in [-0.05, 0) is 24.3 Å². The van der Waals surface area contributed by atoms with Crippen LogP contribution in [0.1, 0.15) is 16.1 Å². The first-order valence-corrected chi connectivity index (χ1v) is 9.11. The smallest absolute Gasteiger partial charge is 0.271 e. The number of nitrogens with zero attached hydrogens (tertiary/aromatic N) is 4. The molecular weight excluding hydrogens is 356 g/mol. The number of nitriles is 1. The van der Waals surface area contributed by atoms with Gasteiger partial charge in [-0.15, -0.1) is 10.2 Å². The van der Waals surface area contributed by atoms with Crippen LogP contribution in [0, 0.1) is 11.3 Å². The van der Waals surface area contributed by atoms with Crippen LogP contribution in [0.25, 0.3) is 10.9 Å². The Morgan fingerprint density at radius 3 is 2.65 bits per heavy atom. The van der Waals surface area contributed by atoms with Crippen molar-refractivity contribution in [3.8, 4) is 6.07 Å². The first kappa shape index (κ1) is 17.2. The molecule has 9 nitrogen and oxygen atoms in total. The molecule has 0 bridgehead atoms. The third-order valence-corrected chi connectivity index (χ3v) is 4.64. The molecular formula is C16H12N6O3S. The highest BCUT2D eigenvalue weighted by Gasteiger charge is 2.18. The zero-order chi connectivity index (χ0) is 18.9. The first-order chi connectivity index (χ1) is 12.3. The van der Waals surface area contributed by atoms with Crippen molar-refractivity contribution in [3.05, 3.63) is 47.9 Å². The zero-order valence-electron chi connectivity index (χ0n) is 13.5. The molecule has 3 aromatic rings. The van der Waals surface area contributed by atoms with Crippen LogP contribution in [0.5, 0.6) is 0 Å². The lowest BCUT2D eigenvalue weighted by Crippen LogP contribution is -2.17. The third-order valence-electron chi connectivity index (χ3n) is 3.53. The molecule has 0 aliphatic heterocycles. The van der Waals surface area contributed by atoms with Crippen molar-refractivity contribution < 1.29 is 13.2 Å². The lowest BCUT2D eigenvalue weighted by atomic mass is 10.1. The Bertz CT molecular complexity index is 1180. The van der Waals surface area contributed by atoms with E-state index in [4.69, 9.17) is 11.0 Å². The number of rotatable bonds is 4. The zero-order valence-corrected chi connectivity index (χ0v) is 14.3. The summed E-state index contributed by atoms with van der Waals surface area (Å²) in [6, 6.07) is 7.74. The molecule has 0 unspecified atom stereocenters. The summed E-state index contributed by atoms with van der Waals surface area (Å²) in [5, 5.41) is 20.0. The van der Waals surface area contributed by atoms with Crippen molar-refractivity contribution in [2.45, 2.75) is 4.90 Å². The van der Waals surface area contributed by atoms with E-state index in [1.807, 2.05) is 6.07 Å². The highest BCUT2D eigenvalue weighted by Crippen LogP contribution is 2.29. The second kappa shape index (κ2) is 6.38. The Morgan fingerprint density at radius 2 is 2.00 bits per heavy atom. The molecule has 1 amide bonds. The van der Waals surface area contributed by atoms with Crippen LogP contribution < -0.4 is 11.1 Å². The monoisotopic (exact) mass is 368 g/mol. The van der Waals surface area contributed by atoms with Gasteiger partial charge in [0, 0.05) is 17.8 Å². The average Bonchev–Trinajstić information content (AvgIpc) is 2.60. The summed E-state index contributed by atoms with van der Waals surface area (Å²) in [7, 11) is -3.48. The summed E-state index contributed by atoms with van der Waals surface area (Å²) < 4.78 is 23.7. The SMILES string of the molecule is CS(=O)(=O)c1ccc2nnc(C(N)=O)c(Nc3cncc(C#N)c3)c2c1. The van der Waals surface area contributed by atoms with E-state index in [1.54, 1.807) is 0 Å². The van der Waals surface area contributed by atoms with Gasteiger partial charge in [0.15, 0.2) is 15.5 Å². The number of primary amides is 1. The lowest BCUT2D eigenvalue weighted by Gasteiger charge is -2.12. The fourth-order valence-corrected chi connectivity index (χ4v) is 2.97. The molecule has 130 valence electrons. The maximum absolute atomic E-state index is 11.9. The normalized spacial score (nSPS) is 11.1. The van der Waals surface area contributed by atoms with Gasteiger partial charge in [0.2, 0.25) is 0 Å². The van der Waals surface area contributed by atoms with Crippen molar-refractivity contribution in [2.75, 3.05) is 11.6 Å². The molecule has 0 saturated heterocycles. The van der Waals surface area contributed by atoms with Gasteiger partial charge >= 0.3 is 0 Å². The molecule has 2 heterocycles. The van der Waals surface area contributed by atoms with E-state index in [1.165, 1.54) is 36.7 Å². The topological polar surface area (TPSA) is 152 Å². The van der Waals surface area contributed by atoms with E-state index >= 15 is 0 Å². The average molecular weight is 368 g/mol. The number of aromatic nitrogens is 3. The number of pyridine rings is 1. The maximum Gasteiger partial charge on any atom is 0.271 e. The molecule has 0 saturated carbocycles. The van der Waals surface area contributed by atoms with E-state index in [2.05, 4.69) is 20.5 Å². The number of hydrogen-bond donors (Lipinski definition) is 2. The molecule has 2 aromatic heterocycles. The summed E-state index contributed by atoms with van der Waals surface area (Å²) in [5.74, 6) is -0.837. The van der Waals surface area contributed by atoms with E-state index in [-0.39, 0.29) is 16.3 Å². The van der Waals surface area contributed by atoms with Gasteiger partial charge in [0.25, 0.3) is 5.91 Å². The fraction of sp³-hybridized carbons (Fsp3) is 0.0625. The summed E-state index contributed by atoms with van der Waals surface area (Å²) >= 11 is 0. The van der Waals surface area contributed by atoms with Crippen LogP contribution in [0.4, 0.5) is 11.4 Å². The van der Waals surface area contributed by atoms with Gasteiger partial charge in [-0.25, -0.2) is 8.42 Å². The van der Waals surface area contributed by atoms with Gasteiger partial charge in [0.1, 0.15) is 6.07 Å². The minimum Gasteiger partial charge on any atom is -0.364 e. The molecule has 3 rings (SSSR count). The number of anilines is 2. The Labute approximate surface area is 148 Å². The highest BCUT2D eigenvalue weighted by atomic mass is 32.2. The van der Waals surface area contributed by atoms with Gasteiger partial charge < -0.3 is 11.1 Å². The van der Waals surface area contributed by atoms with Crippen molar-refractivity contribution in [1.82, 2.24) is 15.2 Å². The summed E-state index contributed by atoms with van der Waals surface area (Å²) in [6.07, 6.45) is 3.90. The number of nitrogens with one attached hydrogen (secondary N) is 1. The number of benzene rings is 1. The number of amides is 1. The van der Waals surface area contributed by atoms with Gasteiger partial charge in [0.05, 0.1) is 33.5 Å². The van der Waals surface area contributed by atoms with Crippen LogP contribution in [0.3, 0.4) is 0 Å². The molecule has 26 heavy (non-hydrogen) atoms. The van der Waals surface area contributed by atoms with E-state index in [9.17, 15) is 13.2 Å². The molecule has 0 aliphatic rings. The number of fused-ring (bicyclic) bond motifs is 1. The van der Waals surface area contributed by atoms with E-state index < -0.39 is 15.7 Å². The fourth-order valence-electron chi connectivity index (χ4n) is 2.33. The van der Waals surface area contributed by atoms with Crippen LogP contribution in [-0.2, 0) is 9.84 Å². The summed E-state index contributed by atoms with van der Waals surface area (Å²) in [5.41, 5.74) is 6.48. The van der Waals surface area contributed by atoms with Crippen molar-refractivity contribution in [2.24, 2.45) is 5.73 Å². The van der Waals surface area contributed by atoms with Crippen LogP contribution in [-0.4, -0.2) is 35.8 Å². The number of hydrogen-bond acceptors (Lipinski definition) is 8. The number of nitrogens with two attached hydrogens (primary N) is 1. The van der Waals surface area contributed by atoms with Crippen LogP contribution >= 0.6 is 0 Å². The van der Waals surface area contributed by atoms with Gasteiger partial charge in [-0.3, -0.25) is 9.78 Å². The summed E-state index contributed by atoms with van der Waals surface area (Å²) in [6.45, 7) is 0. The van der Waals surface area contributed by atoms with E-state index in [0.29, 0.717) is 22.2 Å². The highest BCUT2D eigenvalue weighted by molar-refractivity contribution is 7.90. The number of carbonyl (C=O) groups is 1. The Hall–Kier alpha value is -3.58. The Kier molecular flexibility index (Phi) is 4.23. The second-order valence-electron chi connectivity index (χ2n) is 5.44. The maximum atomic E-state index is 11.9. The first-order valence-electron chi connectivity index (χ1n) is 7.22. The molecule has 0 radical (unpaired) electrons. The van der Waals surface area contributed by atoms with Crippen LogP contribution in [0.2, 0.25) is 0 Å². The third kappa shape index (κ3) is 3.28. The van der Waals surface area contributed by atoms with Gasteiger partial charge in [-0.2, -0.15) is 5.26 Å². The minimum absolute atomic E-state index is 0.0559. The minimum atomic E-state index is -3.48. The molecule has 0 fully saturated rings. The number of carbonyl (C=O) groups excluding carboxylic acids is 1. The molecule has 1 aromatic carbocycles. The van der Waals surface area contributed by atoms with Crippen LogP contribution in [0.15, 0.2) is 41.6 Å². The Morgan fingerprint density at radius 1 is 1.23 bits per heavy atom.